The summed E-state index contributed by atoms with van der Waals surface area (Å²) in [6, 6.07) is -1.12. The van der Waals surface area contributed by atoms with E-state index in [0.717, 1.165) is 7.11 Å². The Morgan fingerprint density at radius 1 is 1.33 bits per heavy atom. The molecule has 6 nitrogen and oxygen atoms in total. The van der Waals surface area contributed by atoms with E-state index in [2.05, 4.69) is 10.1 Å². The van der Waals surface area contributed by atoms with Crippen LogP contribution in [0.1, 0.15) is 20.3 Å². The average Bonchev–Trinajstić information content (AvgIpc) is 2.14. The maximum Gasteiger partial charge on any atom is 0.328 e. The molecule has 0 aliphatic heterocycles. The van der Waals surface area contributed by atoms with Crippen LogP contribution in [0.3, 0.4) is 0 Å². The third kappa shape index (κ3) is 4.99. The fourth-order valence-electron chi connectivity index (χ4n) is 0.849. The Hall–Kier alpha value is -1.59. The summed E-state index contributed by atoms with van der Waals surface area (Å²) in [5.41, 5.74) is 0. The number of carboxylic acids is 1. The maximum absolute atomic E-state index is 11.2. The molecule has 6 heteroatoms. The highest BCUT2D eigenvalue weighted by molar-refractivity contribution is 5.88. The summed E-state index contributed by atoms with van der Waals surface area (Å²) < 4.78 is 4.38. The number of carbonyl (C=O) groups excluding carboxylic acids is 2. The van der Waals surface area contributed by atoms with Crippen LogP contribution in [0.2, 0.25) is 0 Å². The largest absolute Gasteiger partial charge is 0.481 e. The molecule has 0 heterocycles. The second-order valence-corrected chi connectivity index (χ2v) is 3.34. The first-order chi connectivity index (χ1) is 6.88. The molecule has 0 aromatic heterocycles. The Kier molecular flexibility index (Phi) is 5.36. The van der Waals surface area contributed by atoms with Crippen LogP contribution >= 0.6 is 0 Å². The summed E-state index contributed by atoms with van der Waals surface area (Å²) in [5.74, 6) is -2.63. The van der Waals surface area contributed by atoms with Crippen molar-refractivity contribution in [3.8, 4) is 0 Å². The molecule has 0 aromatic rings. The molecular formula is C9H15NO5. The Balaban J connectivity index is 4.44. The first kappa shape index (κ1) is 13.4. The van der Waals surface area contributed by atoms with Gasteiger partial charge in [-0.15, -0.1) is 0 Å². The predicted octanol–water partition coefficient (Wildman–Crippen LogP) is -0.225. The van der Waals surface area contributed by atoms with Crippen molar-refractivity contribution >= 4 is 17.8 Å². The van der Waals surface area contributed by atoms with E-state index in [1.807, 2.05) is 0 Å². The van der Waals surface area contributed by atoms with Crippen molar-refractivity contribution in [3.05, 3.63) is 0 Å². The summed E-state index contributed by atoms with van der Waals surface area (Å²) in [4.78, 5) is 32.8. The molecule has 0 saturated heterocycles. The van der Waals surface area contributed by atoms with Crippen LogP contribution in [0, 0.1) is 5.92 Å². The molecule has 1 amide bonds. The Morgan fingerprint density at radius 3 is 2.20 bits per heavy atom. The number of methoxy groups -OCH3 is 1. The highest BCUT2D eigenvalue weighted by Gasteiger charge is 2.25. The van der Waals surface area contributed by atoms with Crippen LogP contribution in [0.15, 0.2) is 0 Å². The number of ether oxygens (including phenoxy) is 1. The van der Waals surface area contributed by atoms with Crippen molar-refractivity contribution in [1.29, 1.82) is 0 Å². The topological polar surface area (TPSA) is 92.7 Å². The van der Waals surface area contributed by atoms with Crippen molar-refractivity contribution < 1.29 is 24.2 Å². The van der Waals surface area contributed by atoms with Gasteiger partial charge < -0.3 is 15.2 Å². The van der Waals surface area contributed by atoms with Gasteiger partial charge in [0.2, 0.25) is 5.91 Å². The minimum Gasteiger partial charge on any atom is -0.481 e. The van der Waals surface area contributed by atoms with E-state index in [9.17, 15) is 14.4 Å². The average molecular weight is 217 g/mol. The lowest BCUT2D eigenvalue weighted by Crippen LogP contribution is -2.44. The van der Waals surface area contributed by atoms with E-state index in [0.29, 0.717) is 0 Å². The fraction of sp³-hybridized carbons (Fsp3) is 0.667. The van der Waals surface area contributed by atoms with Crippen LogP contribution < -0.4 is 5.32 Å². The van der Waals surface area contributed by atoms with E-state index in [4.69, 9.17) is 5.11 Å². The molecule has 0 rings (SSSR count). The van der Waals surface area contributed by atoms with Gasteiger partial charge in [-0.3, -0.25) is 9.59 Å². The maximum atomic E-state index is 11.2. The number of hydrogen-bond acceptors (Lipinski definition) is 4. The lowest BCUT2D eigenvalue weighted by Gasteiger charge is -2.15. The van der Waals surface area contributed by atoms with Crippen molar-refractivity contribution in [1.82, 2.24) is 5.32 Å². The minimum absolute atomic E-state index is 0.314. The molecule has 2 N–H and O–H groups in total. The summed E-state index contributed by atoms with van der Waals surface area (Å²) in [7, 11) is 1.14. The Labute approximate surface area is 87.6 Å². The van der Waals surface area contributed by atoms with Gasteiger partial charge in [0.25, 0.3) is 0 Å². The van der Waals surface area contributed by atoms with E-state index >= 15 is 0 Å². The van der Waals surface area contributed by atoms with Crippen molar-refractivity contribution in [2.75, 3.05) is 7.11 Å². The summed E-state index contributed by atoms with van der Waals surface area (Å²) in [6.07, 6.45) is -0.481. The number of amides is 1. The lowest BCUT2D eigenvalue weighted by molar-refractivity contribution is -0.149. The third-order valence-corrected chi connectivity index (χ3v) is 1.71. The van der Waals surface area contributed by atoms with Crippen molar-refractivity contribution in [2.45, 2.75) is 26.3 Å². The zero-order valence-corrected chi connectivity index (χ0v) is 8.94. The quantitative estimate of drug-likeness (QED) is 0.621. The molecule has 0 unspecified atom stereocenters. The highest BCUT2D eigenvalue weighted by Crippen LogP contribution is 1.99. The van der Waals surface area contributed by atoms with Crippen LogP contribution in [0.25, 0.3) is 0 Å². The molecule has 15 heavy (non-hydrogen) atoms. The molecule has 86 valence electrons. The van der Waals surface area contributed by atoms with E-state index in [1.165, 1.54) is 0 Å². The number of rotatable bonds is 5. The van der Waals surface area contributed by atoms with Crippen LogP contribution in [0.4, 0.5) is 0 Å². The molecule has 0 aromatic carbocycles. The zero-order chi connectivity index (χ0) is 12.0. The Morgan fingerprint density at radius 2 is 1.87 bits per heavy atom. The normalized spacial score (nSPS) is 12.0. The van der Waals surface area contributed by atoms with Gasteiger partial charge in [0, 0.05) is 5.92 Å². The molecule has 0 spiro atoms. The van der Waals surface area contributed by atoms with E-state index < -0.39 is 24.4 Å². The van der Waals surface area contributed by atoms with Crippen LogP contribution in [0.5, 0.6) is 0 Å². The van der Waals surface area contributed by atoms with Crippen LogP contribution in [-0.4, -0.2) is 36.1 Å². The second-order valence-electron chi connectivity index (χ2n) is 3.34. The fourth-order valence-corrected chi connectivity index (χ4v) is 0.849. The Bertz CT molecular complexity index is 261. The third-order valence-electron chi connectivity index (χ3n) is 1.71. The van der Waals surface area contributed by atoms with Crippen molar-refractivity contribution in [3.63, 3.8) is 0 Å². The van der Waals surface area contributed by atoms with Crippen molar-refractivity contribution in [2.24, 2.45) is 5.92 Å². The number of hydrogen-bond donors (Lipinski definition) is 2. The first-order valence-corrected chi connectivity index (χ1v) is 4.48. The zero-order valence-electron chi connectivity index (χ0n) is 8.94. The number of esters is 1. The summed E-state index contributed by atoms with van der Waals surface area (Å²) in [5, 5.41) is 10.8. The van der Waals surface area contributed by atoms with Gasteiger partial charge in [0.15, 0.2) is 0 Å². The smallest absolute Gasteiger partial charge is 0.328 e. The summed E-state index contributed by atoms with van der Waals surface area (Å²) in [6.45, 7) is 3.29. The van der Waals surface area contributed by atoms with E-state index in [-0.39, 0.29) is 11.8 Å². The highest BCUT2D eigenvalue weighted by atomic mass is 16.5. The van der Waals surface area contributed by atoms with Gasteiger partial charge in [-0.05, 0) is 0 Å². The van der Waals surface area contributed by atoms with Gasteiger partial charge in [-0.2, -0.15) is 0 Å². The number of carboxylic acid groups (broad SMARTS) is 1. The van der Waals surface area contributed by atoms with Gasteiger partial charge in [0.05, 0.1) is 13.5 Å². The summed E-state index contributed by atoms with van der Waals surface area (Å²) >= 11 is 0. The molecule has 0 fully saturated rings. The van der Waals surface area contributed by atoms with Gasteiger partial charge >= 0.3 is 11.9 Å². The number of nitrogens with one attached hydrogen (secondary N) is 1. The van der Waals surface area contributed by atoms with Gasteiger partial charge in [-0.1, -0.05) is 13.8 Å². The minimum atomic E-state index is -1.17. The monoisotopic (exact) mass is 217 g/mol. The predicted molar refractivity (Wildman–Crippen MR) is 51.0 cm³/mol. The standard InChI is InChI=1S/C9H15NO5/c1-5(2)8(13)10-6(4-7(11)12)9(14)15-3/h5-6H,4H2,1-3H3,(H,10,13)(H,11,12)/t6-/m0/s1. The molecular weight excluding hydrogens is 202 g/mol. The first-order valence-electron chi connectivity index (χ1n) is 4.48. The number of carbonyl (C=O) groups is 3. The molecule has 0 aliphatic carbocycles. The molecule has 0 saturated carbocycles. The lowest BCUT2D eigenvalue weighted by atomic mass is 10.1. The van der Waals surface area contributed by atoms with E-state index in [1.54, 1.807) is 13.8 Å². The SMILES string of the molecule is COC(=O)[C@H](CC(=O)O)NC(=O)C(C)C. The molecule has 0 aliphatic rings. The molecule has 0 bridgehead atoms. The second kappa shape index (κ2) is 6.00. The van der Waals surface area contributed by atoms with Gasteiger partial charge in [0.1, 0.15) is 6.04 Å². The van der Waals surface area contributed by atoms with Crippen LogP contribution in [-0.2, 0) is 19.1 Å². The molecule has 1 atom stereocenters. The van der Waals surface area contributed by atoms with Gasteiger partial charge in [-0.25, -0.2) is 4.79 Å². The number of aliphatic carboxylic acids is 1. The molecule has 0 radical (unpaired) electrons.